The first-order valence-electron chi connectivity index (χ1n) is 7.37. The largest absolute Gasteiger partial charge is 0.346 e. The molecule has 0 bridgehead atoms. The number of hydrogen-bond donors (Lipinski definition) is 1. The summed E-state index contributed by atoms with van der Waals surface area (Å²) in [5.74, 6) is 0.142. The van der Waals surface area contributed by atoms with Crippen molar-refractivity contribution in [3.05, 3.63) is 68.9 Å². The van der Waals surface area contributed by atoms with Crippen LogP contribution in [0.4, 0.5) is 10.3 Å². The molecule has 2 atom stereocenters. The van der Waals surface area contributed by atoms with Crippen LogP contribution < -0.4 is 5.32 Å². The molecule has 1 aliphatic rings. The average molecular weight is 409 g/mol. The van der Waals surface area contributed by atoms with Gasteiger partial charge in [-0.15, -0.1) is 0 Å². The zero-order valence-electron chi connectivity index (χ0n) is 12.3. The fourth-order valence-corrected chi connectivity index (χ4v) is 3.57. The lowest BCUT2D eigenvalue weighted by Gasteiger charge is -2.31. The van der Waals surface area contributed by atoms with Crippen LogP contribution in [-0.2, 0) is 0 Å². The smallest absolute Gasteiger partial charge is 0.243 e. The molecular weight excluding hydrogens is 397 g/mol. The Labute approximate surface area is 151 Å². The van der Waals surface area contributed by atoms with E-state index in [4.69, 9.17) is 11.6 Å². The molecule has 2 aromatic carbocycles. The number of tetrazole rings is 1. The van der Waals surface area contributed by atoms with E-state index in [1.165, 1.54) is 6.07 Å². The zero-order chi connectivity index (χ0) is 16.7. The van der Waals surface area contributed by atoms with Gasteiger partial charge in [0.25, 0.3) is 0 Å². The molecule has 0 saturated heterocycles. The van der Waals surface area contributed by atoms with Crippen molar-refractivity contribution >= 4 is 33.5 Å². The summed E-state index contributed by atoms with van der Waals surface area (Å²) in [6.07, 6.45) is 0.584. The van der Waals surface area contributed by atoms with Crippen molar-refractivity contribution in [3.63, 3.8) is 0 Å². The van der Waals surface area contributed by atoms with E-state index in [1.54, 1.807) is 16.8 Å². The predicted octanol–water partition coefficient (Wildman–Crippen LogP) is 4.37. The molecule has 0 radical (unpaired) electrons. The van der Waals surface area contributed by atoms with Gasteiger partial charge in [0.15, 0.2) is 0 Å². The second-order valence-corrected chi connectivity index (χ2v) is 6.91. The van der Waals surface area contributed by atoms with Crippen LogP contribution in [0.2, 0.25) is 5.02 Å². The Balaban J connectivity index is 1.78. The first-order chi connectivity index (χ1) is 11.6. The third kappa shape index (κ3) is 2.67. The Morgan fingerprint density at radius 1 is 1.21 bits per heavy atom. The lowest BCUT2D eigenvalue weighted by Crippen LogP contribution is -2.28. The summed E-state index contributed by atoms with van der Waals surface area (Å²) >= 11 is 9.70. The predicted molar refractivity (Wildman–Crippen MR) is 92.5 cm³/mol. The molecule has 0 aliphatic carbocycles. The molecular formula is C16H12BrClFN5. The van der Waals surface area contributed by atoms with Crippen LogP contribution >= 0.6 is 27.5 Å². The molecule has 5 nitrogen and oxygen atoms in total. The number of rotatable bonds is 2. The van der Waals surface area contributed by atoms with Crippen LogP contribution in [0, 0.1) is 5.82 Å². The van der Waals surface area contributed by atoms with Crippen LogP contribution in [0.3, 0.4) is 0 Å². The number of halogens is 3. The summed E-state index contributed by atoms with van der Waals surface area (Å²) in [7, 11) is 0. The van der Waals surface area contributed by atoms with E-state index >= 15 is 0 Å². The van der Waals surface area contributed by atoms with Gasteiger partial charge in [-0.1, -0.05) is 50.8 Å². The third-order valence-corrected chi connectivity index (χ3v) is 5.01. The van der Waals surface area contributed by atoms with E-state index in [9.17, 15) is 4.39 Å². The maximum atomic E-state index is 14.4. The van der Waals surface area contributed by atoms with E-state index in [0.29, 0.717) is 23.0 Å². The molecule has 0 amide bonds. The lowest BCUT2D eigenvalue weighted by molar-refractivity contribution is 0.409. The van der Waals surface area contributed by atoms with Gasteiger partial charge in [0.2, 0.25) is 5.95 Å². The number of anilines is 1. The Morgan fingerprint density at radius 2 is 2.00 bits per heavy atom. The van der Waals surface area contributed by atoms with Gasteiger partial charge < -0.3 is 5.32 Å². The number of nitrogens with one attached hydrogen (secondary N) is 1. The summed E-state index contributed by atoms with van der Waals surface area (Å²) in [6, 6.07) is 12.2. The van der Waals surface area contributed by atoms with Crippen LogP contribution in [-0.4, -0.2) is 20.2 Å². The molecule has 2 heterocycles. The number of aromatic nitrogens is 4. The summed E-state index contributed by atoms with van der Waals surface area (Å²) in [6.45, 7) is 0. The molecule has 8 heteroatoms. The Hall–Kier alpha value is -1.99. The minimum Gasteiger partial charge on any atom is -0.346 e. The average Bonchev–Trinajstić information content (AvgIpc) is 3.04. The molecule has 3 aromatic rings. The van der Waals surface area contributed by atoms with E-state index in [0.717, 1.165) is 10.0 Å². The molecule has 0 spiro atoms. The van der Waals surface area contributed by atoms with Crippen molar-refractivity contribution in [1.29, 1.82) is 0 Å². The molecule has 1 aliphatic heterocycles. The zero-order valence-corrected chi connectivity index (χ0v) is 14.7. The maximum Gasteiger partial charge on any atom is 0.243 e. The monoisotopic (exact) mass is 407 g/mol. The van der Waals surface area contributed by atoms with Crippen molar-refractivity contribution < 1.29 is 4.39 Å². The minimum absolute atomic E-state index is 0.0442. The van der Waals surface area contributed by atoms with Crippen molar-refractivity contribution in [2.75, 3.05) is 5.32 Å². The van der Waals surface area contributed by atoms with Crippen molar-refractivity contribution in [1.82, 2.24) is 20.2 Å². The van der Waals surface area contributed by atoms with E-state index in [1.807, 2.05) is 24.3 Å². The molecule has 1 N–H and O–H groups in total. The van der Waals surface area contributed by atoms with Gasteiger partial charge in [-0.2, -0.15) is 0 Å². The lowest BCUT2D eigenvalue weighted by atomic mass is 9.93. The molecule has 1 aromatic heterocycles. The fourth-order valence-electron chi connectivity index (χ4n) is 3.02. The number of nitrogens with zero attached hydrogens (tertiary/aromatic N) is 4. The summed E-state index contributed by atoms with van der Waals surface area (Å²) in [4.78, 5) is 0. The Morgan fingerprint density at radius 3 is 2.75 bits per heavy atom. The van der Waals surface area contributed by atoms with Crippen LogP contribution in [0.25, 0.3) is 0 Å². The highest BCUT2D eigenvalue weighted by atomic mass is 79.9. The Bertz CT molecular complexity index is 862. The van der Waals surface area contributed by atoms with Gasteiger partial charge in [-0.05, 0) is 46.7 Å². The fraction of sp³-hybridized carbons (Fsp3) is 0.188. The van der Waals surface area contributed by atoms with E-state index in [-0.39, 0.29) is 17.9 Å². The van der Waals surface area contributed by atoms with Gasteiger partial charge in [0.1, 0.15) is 5.82 Å². The van der Waals surface area contributed by atoms with E-state index < -0.39 is 0 Å². The van der Waals surface area contributed by atoms with Crippen molar-refractivity contribution in [2.45, 2.75) is 18.5 Å². The molecule has 0 fully saturated rings. The quantitative estimate of drug-likeness (QED) is 0.684. The summed E-state index contributed by atoms with van der Waals surface area (Å²) < 4.78 is 17.0. The SMILES string of the molecule is Fc1cccc(Cl)c1C1CC(c2ccc(Br)cc2)Nc2nnnn21. The van der Waals surface area contributed by atoms with Gasteiger partial charge in [-0.25, -0.2) is 9.07 Å². The van der Waals surface area contributed by atoms with Crippen LogP contribution in [0.1, 0.15) is 29.6 Å². The summed E-state index contributed by atoms with van der Waals surface area (Å²) in [5.41, 5.74) is 1.49. The van der Waals surface area contributed by atoms with Crippen molar-refractivity contribution in [3.8, 4) is 0 Å². The molecule has 2 unspecified atom stereocenters. The minimum atomic E-state index is -0.376. The first kappa shape index (κ1) is 15.5. The number of hydrogen-bond acceptors (Lipinski definition) is 4. The highest BCUT2D eigenvalue weighted by Crippen LogP contribution is 2.40. The second kappa shape index (κ2) is 6.14. The first-order valence-corrected chi connectivity index (χ1v) is 8.54. The summed E-state index contributed by atoms with van der Waals surface area (Å²) in [5, 5.41) is 15.4. The maximum absolute atomic E-state index is 14.4. The Kier molecular flexibility index (Phi) is 3.97. The molecule has 24 heavy (non-hydrogen) atoms. The molecule has 0 saturated carbocycles. The highest BCUT2D eigenvalue weighted by molar-refractivity contribution is 9.10. The number of fused-ring (bicyclic) bond motifs is 1. The van der Waals surface area contributed by atoms with Gasteiger partial charge in [0.05, 0.1) is 12.1 Å². The van der Waals surface area contributed by atoms with Crippen LogP contribution in [0.15, 0.2) is 46.9 Å². The topological polar surface area (TPSA) is 55.6 Å². The second-order valence-electron chi connectivity index (χ2n) is 5.58. The molecule has 4 rings (SSSR count). The van der Waals surface area contributed by atoms with E-state index in [2.05, 4.69) is 36.8 Å². The number of benzene rings is 2. The highest BCUT2D eigenvalue weighted by Gasteiger charge is 2.33. The van der Waals surface area contributed by atoms with Crippen molar-refractivity contribution in [2.24, 2.45) is 0 Å². The standard InChI is InChI=1S/C16H12BrClFN5/c17-10-6-4-9(5-7-10)13-8-14(24-16(20-13)21-22-23-24)15-11(18)2-1-3-12(15)19/h1-7,13-14H,8H2,(H,20,21,23). The van der Waals surface area contributed by atoms with Crippen LogP contribution in [0.5, 0.6) is 0 Å². The van der Waals surface area contributed by atoms with Gasteiger partial charge >= 0.3 is 0 Å². The third-order valence-electron chi connectivity index (χ3n) is 4.16. The van der Waals surface area contributed by atoms with Gasteiger partial charge in [0, 0.05) is 15.1 Å². The normalized spacial score (nSPS) is 19.6. The molecule has 122 valence electrons. The van der Waals surface area contributed by atoms with Gasteiger partial charge in [-0.3, -0.25) is 0 Å².